The number of hydrogen-bond donors (Lipinski definition) is 1. The van der Waals surface area contributed by atoms with Crippen molar-refractivity contribution in [3.63, 3.8) is 0 Å². The van der Waals surface area contributed by atoms with Crippen LogP contribution >= 0.6 is 0 Å². The summed E-state index contributed by atoms with van der Waals surface area (Å²) in [5, 5.41) is 3.66. The minimum atomic E-state index is 0.610. The third-order valence-electron chi connectivity index (χ3n) is 4.93. The van der Waals surface area contributed by atoms with E-state index < -0.39 is 0 Å². The third kappa shape index (κ3) is 5.83. The minimum Gasteiger partial charge on any atom is -0.315 e. The van der Waals surface area contributed by atoms with Gasteiger partial charge in [0.1, 0.15) is 0 Å². The lowest BCUT2D eigenvalue weighted by molar-refractivity contribution is 0.0761. The van der Waals surface area contributed by atoms with Crippen molar-refractivity contribution in [2.45, 2.75) is 72.8 Å². The molecule has 1 aliphatic heterocycles. The van der Waals surface area contributed by atoms with Crippen molar-refractivity contribution in [2.24, 2.45) is 11.3 Å². The highest BCUT2D eigenvalue weighted by molar-refractivity contribution is 4.85. The summed E-state index contributed by atoms with van der Waals surface area (Å²) in [7, 11) is 0. The van der Waals surface area contributed by atoms with Crippen molar-refractivity contribution in [3.05, 3.63) is 0 Å². The topological polar surface area (TPSA) is 15.3 Å². The quantitative estimate of drug-likeness (QED) is 0.718. The first-order valence-corrected chi connectivity index (χ1v) is 8.45. The largest absolute Gasteiger partial charge is 0.315 e. The zero-order valence-electron chi connectivity index (χ0n) is 14.0. The third-order valence-corrected chi connectivity index (χ3v) is 4.93. The molecule has 19 heavy (non-hydrogen) atoms. The van der Waals surface area contributed by atoms with Gasteiger partial charge < -0.3 is 5.32 Å². The van der Waals surface area contributed by atoms with Crippen LogP contribution in [0, 0.1) is 11.3 Å². The Kier molecular flexibility index (Phi) is 7.38. The average molecular weight is 268 g/mol. The zero-order valence-corrected chi connectivity index (χ0v) is 14.0. The van der Waals surface area contributed by atoms with E-state index in [2.05, 4.69) is 44.8 Å². The van der Waals surface area contributed by atoms with Gasteiger partial charge in [-0.3, -0.25) is 4.90 Å². The Labute approximate surface area is 121 Å². The van der Waals surface area contributed by atoms with Crippen LogP contribution in [-0.2, 0) is 0 Å². The Morgan fingerprint density at radius 1 is 1.11 bits per heavy atom. The van der Waals surface area contributed by atoms with E-state index in [1.54, 1.807) is 0 Å². The number of nitrogens with one attached hydrogen (secondary N) is 1. The summed E-state index contributed by atoms with van der Waals surface area (Å²) in [5.41, 5.74) is 0.610. The van der Waals surface area contributed by atoms with E-state index in [9.17, 15) is 0 Å². The van der Waals surface area contributed by atoms with Gasteiger partial charge in [0.15, 0.2) is 0 Å². The number of likely N-dealkylation sites (tertiary alicyclic amines) is 1. The van der Waals surface area contributed by atoms with Crippen molar-refractivity contribution in [2.75, 3.05) is 26.2 Å². The van der Waals surface area contributed by atoms with E-state index in [0.29, 0.717) is 5.41 Å². The number of nitrogens with zero attached hydrogens (tertiary/aromatic N) is 1. The molecule has 0 aromatic rings. The van der Waals surface area contributed by atoms with Crippen molar-refractivity contribution in [3.8, 4) is 0 Å². The van der Waals surface area contributed by atoms with Gasteiger partial charge in [0.25, 0.3) is 0 Å². The Hall–Kier alpha value is -0.0800. The van der Waals surface area contributed by atoms with Gasteiger partial charge in [0.05, 0.1) is 0 Å². The van der Waals surface area contributed by atoms with E-state index in [0.717, 1.165) is 18.5 Å². The molecule has 0 spiro atoms. The van der Waals surface area contributed by atoms with Gasteiger partial charge in [-0.25, -0.2) is 0 Å². The van der Waals surface area contributed by atoms with Crippen molar-refractivity contribution >= 4 is 0 Å². The highest BCUT2D eigenvalue weighted by Gasteiger charge is 2.30. The summed E-state index contributed by atoms with van der Waals surface area (Å²) in [6.07, 6.45) is 6.75. The molecule has 1 heterocycles. The van der Waals surface area contributed by atoms with E-state index in [-0.39, 0.29) is 0 Å². The predicted octanol–water partition coefficient (Wildman–Crippen LogP) is 3.91. The normalized spacial score (nSPS) is 21.8. The Balaban J connectivity index is 2.40. The SMILES string of the molecule is CCCC(CNCC(C)C)N1CCC(C)(CC)CC1. The molecule has 0 saturated carbocycles. The summed E-state index contributed by atoms with van der Waals surface area (Å²) in [5.74, 6) is 0.756. The summed E-state index contributed by atoms with van der Waals surface area (Å²) in [4.78, 5) is 2.74. The molecule has 1 fully saturated rings. The Morgan fingerprint density at radius 2 is 1.74 bits per heavy atom. The first kappa shape index (κ1) is 17.0. The molecule has 1 saturated heterocycles. The maximum absolute atomic E-state index is 3.66. The summed E-state index contributed by atoms with van der Waals surface area (Å²) in [6, 6.07) is 0.755. The van der Waals surface area contributed by atoms with Crippen LogP contribution in [0.5, 0.6) is 0 Å². The molecule has 1 unspecified atom stereocenters. The summed E-state index contributed by atoms with van der Waals surface area (Å²) >= 11 is 0. The molecule has 1 N–H and O–H groups in total. The maximum atomic E-state index is 3.66. The Morgan fingerprint density at radius 3 is 2.21 bits per heavy atom. The van der Waals surface area contributed by atoms with Crippen molar-refractivity contribution < 1.29 is 0 Å². The first-order chi connectivity index (χ1) is 9.00. The number of piperidine rings is 1. The fraction of sp³-hybridized carbons (Fsp3) is 1.00. The van der Waals surface area contributed by atoms with Crippen LogP contribution in [0.25, 0.3) is 0 Å². The molecule has 0 aromatic carbocycles. The number of hydrogen-bond acceptors (Lipinski definition) is 2. The molecule has 1 atom stereocenters. The zero-order chi connectivity index (χ0) is 14.3. The molecule has 0 radical (unpaired) electrons. The molecule has 0 aliphatic carbocycles. The second kappa shape index (κ2) is 8.26. The summed E-state index contributed by atoms with van der Waals surface area (Å²) in [6.45, 7) is 16.6. The van der Waals surface area contributed by atoms with Crippen LogP contribution in [0.3, 0.4) is 0 Å². The van der Waals surface area contributed by atoms with E-state index in [4.69, 9.17) is 0 Å². The molecule has 2 nitrogen and oxygen atoms in total. The second-order valence-corrected chi connectivity index (χ2v) is 7.19. The van der Waals surface area contributed by atoms with E-state index >= 15 is 0 Å². The lowest BCUT2D eigenvalue weighted by atomic mass is 9.78. The maximum Gasteiger partial charge on any atom is 0.0220 e. The van der Waals surface area contributed by atoms with Crippen LogP contribution in [0.4, 0.5) is 0 Å². The van der Waals surface area contributed by atoms with Crippen LogP contribution in [0.1, 0.15) is 66.7 Å². The van der Waals surface area contributed by atoms with Gasteiger partial charge in [-0.15, -0.1) is 0 Å². The van der Waals surface area contributed by atoms with Gasteiger partial charge >= 0.3 is 0 Å². The van der Waals surface area contributed by atoms with Gasteiger partial charge in [0.2, 0.25) is 0 Å². The lowest BCUT2D eigenvalue weighted by Crippen LogP contribution is -2.48. The monoisotopic (exact) mass is 268 g/mol. The highest BCUT2D eigenvalue weighted by atomic mass is 15.2. The molecule has 1 rings (SSSR count). The van der Waals surface area contributed by atoms with Gasteiger partial charge in [-0.2, -0.15) is 0 Å². The van der Waals surface area contributed by atoms with Gasteiger partial charge in [-0.1, -0.05) is 47.5 Å². The summed E-state index contributed by atoms with van der Waals surface area (Å²) < 4.78 is 0. The molecule has 0 amide bonds. The lowest BCUT2D eigenvalue weighted by Gasteiger charge is -2.42. The average Bonchev–Trinajstić information content (AvgIpc) is 2.38. The first-order valence-electron chi connectivity index (χ1n) is 8.45. The van der Waals surface area contributed by atoms with Crippen LogP contribution in [0.15, 0.2) is 0 Å². The second-order valence-electron chi connectivity index (χ2n) is 7.19. The van der Waals surface area contributed by atoms with Crippen molar-refractivity contribution in [1.29, 1.82) is 0 Å². The fourth-order valence-corrected chi connectivity index (χ4v) is 3.07. The fourth-order valence-electron chi connectivity index (χ4n) is 3.07. The van der Waals surface area contributed by atoms with Gasteiger partial charge in [-0.05, 0) is 50.2 Å². The molecular weight excluding hydrogens is 232 g/mol. The molecular formula is C17H36N2. The molecule has 1 aliphatic rings. The van der Waals surface area contributed by atoms with Crippen LogP contribution in [0.2, 0.25) is 0 Å². The molecule has 0 bridgehead atoms. The van der Waals surface area contributed by atoms with Crippen molar-refractivity contribution in [1.82, 2.24) is 10.2 Å². The van der Waals surface area contributed by atoms with E-state index in [1.807, 2.05) is 0 Å². The number of rotatable bonds is 8. The molecule has 0 aromatic heterocycles. The van der Waals surface area contributed by atoms with Crippen LogP contribution < -0.4 is 5.32 Å². The van der Waals surface area contributed by atoms with Gasteiger partial charge in [0, 0.05) is 12.6 Å². The standard InChI is InChI=1S/C17H36N2/c1-6-8-16(14-18-13-15(3)4)19-11-9-17(5,7-2)10-12-19/h15-16,18H,6-14H2,1-5H3. The predicted molar refractivity (Wildman–Crippen MR) is 85.6 cm³/mol. The Bertz CT molecular complexity index is 229. The van der Waals surface area contributed by atoms with E-state index in [1.165, 1.54) is 51.7 Å². The molecule has 114 valence electrons. The smallest absolute Gasteiger partial charge is 0.0220 e. The highest BCUT2D eigenvalue weighted by Crippen LogP contribution is 2.34. The molecule has 2 heteroatoms. The van der Waals surface area contributed by atoms with Crippen LogP contribution in [-0.4, -0.2) is 37.1 Å². The minimum absolute atomic E-state index is 0.610.